The number of carbonyl (C=O) groups excluding carboxylic acids is 3. The molecule has 12 heteroatoms. The van der Waals surface area contributed by atoms with Gasteiger partial charge in [-0.2, -0.15) is 13.2 Å². The molecule has 4 fully saturated rings. The highest BCUT2D eigenvalue weighted by atomic mass is 32.1. The lowest BCUT2D eigenvalue weighted by molar-refractivity contribution is -0.144. The number of pyridine rings is 2. The number of nitrogens with one attached hydrogen (secondary N) is 1. The summed E-state index contributed by atoms with van der Waals surface area (Å²) in [5.41, 5.74) is -0.212. The Balaban J connectivity index is 1.29. The van der Waals surface area contributed by atoms with Gasteiger partial charge in [0.2, 0.25) is 11.8 Å². The maximum Gasteiger partial charge on any atom is 0.433 e. The second-order valence-electron chi connectivity index (χ2n) is 12.2. The molecular weight excluding hydrogens is 555 g/mol. The van der Waals surface area contributed by atoms with Crippen LogP contribution in [0.25, 0.3) is 21.5 Å². The number of nitrogens with zero attached hydrogens (tertiary/aromatic N) is 4. The Hall–Kier alpha value is -3.38. The zero-order valence-corrected chi connectivity index (χ0v) is 23.5. The number of hydrogen-bond acceptors (Lipinski definition) is 7. The second kappa shape index (κ2) is 8.81. The fraction of sp³-hybridized carbons (Fsp3) is 0.483. The number of aromatic nitrogens is 2. The summed E-state index contributed by atoms with van der Waals surface area (Å²) in [5, 5.41) is 3.40. The third-order valence-electron chi connectivity index (χ3n) is 9.29. The molecule has 4 atom stereocenters. The minimum atomic E-state index is -4.70. The van der Waals surface area contributed by atoms with Gasteiger partial charge in [0, 0.05) is 35.8 Å². The van der Waals surface area contributed by atoms with Crippen LogP contribution in [0.2, 0.25) is 0 Å². The highest BCUT2D eigenvalue weighted by Gasteiger charge is 2.72. The maximum absolute atomic E-state index is 13.9. The van der Waals surface area contributed by atoms with E-state index < -0.39 is 11.9 Å². The van der Waals surface area contributed by atoms with Crippen LogP contribution in [0.3, 0.4) is 0 Å². The van der Waals surface area contributed by atoms with E-state index in [0.717, 1.165) is 19.0 Å². The molecule has 0 spiro atoms. The van der Waals surface area contributed by atoms with Gasteiger partial charge < -0.3 is 10.2 Å². The lowest BCUT2D eigenvalue weighted by Crippen LogP contribution is -2.35. The summed E-state index contributed by atoms with van der Waals surface area (Å²) in [6, 6.07) is 4.44. The third-order valence-corrected chi connectivity index (χ3v) is 10.4. The van der Waals surface area contributed by atoms with Gasteiger partial charge in [-0.15, -0.1) is 11.3 Å². The fourth-order valence-electron chi connectivity index (χ4n) is 7.02. The number of fused-ring (bicyclic) bond motifs is 3. The van der Waals surface area contributed by atoms with Crippen molar-refractivity contribution in [2.75, 3.05) is 19.6 Å². The average Bonchev–Trinajstić information content (AvgIpc) is 3.44. The van der Waals surface area contributed by atoms with Crippen LogP contribution in [0.15, 0.2) is 24.4 Å². The van der Waals surface area contributed by atoms with E-state index in [1.54, 1.807) is 17.0 Å². The second-order valence-corrected chi connectivity index (χ2v) is 13.3. The first kappa shape index (κ1) is 26.5. The minimum absolute atomic E-state index is 0.0375. The van der Waals surface area contributed by atoms with Crippen LogP contribution in [0.5, 0.6) is 0 Å². The van der Waals surface area contributed by atoms with Gasteiger partial charge in [-0.25, -0.2) is 4.98 Å². The Kier molecular flexibility index (Phi) is 5.70. The number of aryl methyl sites for hydroxylation is 1. The van der Waals surface area contributed by atoms with Crippen molar-refractivity contribution in [3.05, 3.63) is 46.1 Å². The van der Waals surface area contributed by atoms with Crippen molar-refractivity contribution in [2.24, 2.45) is 23.2 Å². The first-order chi connectivity index (χ1) is 19.4. The third kappa shape index (κ3) is 4.01. The Morgan fingerprint density at radius 2 is 1.90 bits per heavy atom. The lowest BCUT2D eigenvalue weighted by Gasteiger charge is -2.22. The van der Waals surface area contributed by atoms with E-state index in [9.17, 15) is 27.6 Å². The molecule has 41 heavy (non-hydrogen) atoms. The minimum Gasteiger partial charge on any atom is -0.337 e. The van der Waals surface area contributed by atoms with Crippen LogP contribution in [0, 0.1) is 30.1 Å². The van der Waals surface area contributed by atoms with E-state index in [4.69, 9.17) is 0 Å². The topological polar surface area (TPSA) is 95.5 Å². The van der Waals surface area contributed by atoms with Gasteiger partial charge in [-0.3, -0.25) is 24.3 Å². The normalized spacial score (nSPS) is 26.7. The SMILES string of the molecule is Cc1cc(C(F)(F)F)nc(-c2ccnc3cc(CN4C(=O)C5C(C4=O)C5(C)C)sc23)c1C(=O)N1CC2NCC[C@H]2C1. The zero-order valence-electron chi connectivity index (χ0n) is 22.7. The first-order valence-corrected chi connectivity index (χ1v) is 14.5. The van der Waals surface area contributed by atoms with Crippen LogP contribution in [0.4, 0.5) is 13.2 Å². The number of hydrogen-bond donors (Lipinski definition) is 1. The summed E-state index contributed by atoms with van der Waals surface area (Å²) >= 11 is 1.25. The Morgan fingerprint density at radius 1 is 1.17 bits per heavy atom. The first-order valence-electron chi connectivity index (χ1n) is 13.7. The number of carbonyl (C=O) groups is 3. The van der Waals surface area contributed by atoms with Crippen LogP contribution in [0.1, 0.15) is 46.8 Å². The lowest BCUT2D eigenvalue weighted by atomic mass is 9.99. The number of rotatable bonds is 4. The van der Waals surface area contributed by atoms with Crippen molar-refractivity contribution >= 4 is 39.3 Å². The van der Waals surface area contributed by atoms with Crippen LogP contribution >= 0.6 is 11.3 Å². The average molecular weight is 584 g/mol. The van der Waals surface area contributed by atoms with Crippen molar-refractivity contribution in [2.45, 2.75) is 46.0 Å². The van der Waals surface area contributed by atoms with Crippen molar-refractivity contribution in [3.63, 3.8) is 0 Å². The smallest absolute Gasteiger partial charge is 0.337 e. The van der Waals surface area contributed by atoms with Crippen LogP contribution < -0.4 is 5.32 Å². The van der Waals surface area contributed by atoms with Crippen molar-refractivity contribution in [3.8, 4) is 11.3 Å². The molecular formula is C29H28F3N5O3S. The molecule has 0 radical (unpaired) electrons. The van der Waals surface area contributed by atoms with Gasteiger partial charge in [0.05, 0.1) is 39.9 Å². The number of imide groups is 1. The molecule has 1 N–H and O–H groups in total. The van der Waals surface area contributed by atoms with E-state index >= 15 is 0 Å². The summed E-state index contributed by atoms with van der Waals surface area (Å²) < 4.78 is 42.3. The quantitative estimate of drug-likeness (QED) is 0.462. The van der Waals surface area contributed by atoms with E-state index in [-0.39, 0.29) is 64.4 Å². The van der Waals surface area contributed by atoms with Gasteiger partial charge >= 0.3 is 6.18 Å². The summed E-state index contributed by atoms with van der Waals surface area (Å²) in [7, 11) is 0. The summed E-state index contributed by atoms with van der Waals surface area (Å²) in [4.78, 5) is 51.7. The van der Waals surface area contributed by atoms with Crippen LogP contribution in [-0.4, -0.2) is 63.2 Å². The van der Waals surface area contributed by atoms with E-state index in [1.165, 1.54) is 29.4 Å². The number of piperidine rings is 1. The molecule has 1 saturated carbocycles. The maximum atomic E-state index is 13.9. The number of amides is 3. The monoisotopic (exact) mass is 583 g/mol. The highest BCUT2D eigenvalue weighted by Crippen LogP contribution is 2.63. The molecule has 0 aromatic carbocycles. The van der Waals surface area contributed by atoms with E-state index in [1.807, 2.05) is 13.8 Å². The largest absolute Gasteiger partial charge is 0.433 e. The van der Waals surface area contributed by atoms with E-state index in [2.05, 4.69) is 15.3 Å². The molecule has 3 aliphatic heterocycles. The van der Waals surface area contributed by atoms with Gasteiger partial charge in [-0.05, 0) is 55.0 Å². The predicted octanol–water partition coefficient (Wildman–Crippen LogP) is 4.26. The Bertz CT molecular complexity index is 1610. The summed E-state index contributed by atoms with van der Waals surface area (Å²) in [6.07, 6.45) is -2.27. The molecule has 8 nitrogen and oxygen atoms in total. The van der Waals surface area contributed by atoms with Gasteiger partial charge in [0.15, 0.2) is 0 Å². The van der Waals surface area contributed by atoms with Crippen LogP contribution in [-0.2, 0) is 22.3 Å². The molecule has 214 valence electrons. The molecule has 3 amide bonds. The van der Waals surface area contributed by atoms with Gasteiger partial charge in [0.25, 0.3) is 5.91 Å². The summed E-state index contributed by atoms with van der Waals surface area (Å²) in [5.74, 6) is -1.00. The predicted molar refractivity (Wildman–Crippen MR) is 145 cm³/mol. The Morgan fingerprint density at radius 3 is 2.59 bits per heavy atom. The Labute approximate surface area is 237 Å². The zero-order chi connectivity index (χ0) is 29.0. The number of thiophene rings is 1. The number of halogens is 3. The molecule has 7 rings (SSSR count). The van der Waals surface area contributed by atoms with Crippen molar-refractivity contribution in [1.29, 1.82) is 0 Å². The van der Waals surface area contributed by atoms with Crippen molar-refractivity contribution in [1.82, 2.24) is 25.1 Å². The molecule has 6 heterocycles. The molecule has 3 unspecified atom stereocenters. The van der Waals surface area contributed by atoms with Gasteiger partial charge in [-0.1, -0.05) is 13.8 Å². The summed E-state index contributed by atoms with van der Waals surface area (Å²) in [6.45, 7) is 7.35. The number of likely N-dealkylation sites (tertiary alicyclic amines) is 2. The van der Waals surface area contributed by atoms with E-state index in [0.29, 0.717) is 39.7 Å². The molecule has 3 saturated heterocycles. The highest BCUT2D eigenvalue weighted by molar-refractivity contribution is 7.19. The number of alkyl halides is 3. The van der Waals surface area contributed by atoms with Crippen molar-refractivity contribution < 1.29 is 27.6 Å². The molecule has 0 bridgehead atoms. The molecule has 3 aromatic heterocycles. The fourth-order valence-corrected chi connectivity index (χ4v) is 8.14. The molecule has 1 aliphatic carbocycles. The molecule has 3 aromatic rings. The molecule has 4 aliphatic rings. The standard InChI is InChI=1S/C29H28F3N5O3S/c1-13-8-19(29(30,31)32)35-23(20(13)25(38)36-10-14-4-6-34-18(14)12-36)16-5-7-33-17-9-15(41-24(16)17)11-37-26(39)21-22(27(37)40)28(21,2)3/h5,7-9,14,18,21-22,34H,4,6,10-12H2,1-3H3/t14-,18?,21?,22?/m0/s1. The van der Waals surface area contributed by atoms with Gasteiger partial charge in [0.1, 0.15) is 5.69 Å².